The number of fused-ring (bicyclic) bond motifs is 2. The molecule has 35 heavy (non-hydrogen) atoms. The van der Waals surface area contributed by atoms with Gasteiger partial charge in [-0.2, -0.15) is 5.10 Å². The first-order chi connectivity index (χ1) is 16.8. The number of likely N-dealkylation sites (N-methyl/N-ethyl adjacent to an activating group) is 1. The number of piperazine rings is 1. The summed E-state index contributed by atoms with van der Waals surface area (Å²) in [5.74, 6) is -0.416. The number of halogens is 1. The molecule has 3 aromatic rings. The standard InChI is InChI=1S/C28H34FN5O/c1-5-34-23-9-10-24(34)17-33(16-23)22-8-6-18(2)25(13-22)28(35)31-19(3)20-7-11-27(29)26(12-20)21-14-30-32(4)15-21/h6-8,11-15,19,23-24H,5,9-10,16-17H2,1-4H3,(H,31,35)/t19-,23-,24+/m1/s1. The molecular weight excluding hydrogens is 441 g/mol. The molecule has 2 aliphatic rings. The third-order valence-electron chi connectivity index (χ3n) is 7.68. The van der Waals surface area contributed by atoms with E-state index in [4.69, 9.17) is 0 Å². The number of benzene rings is 2. The second kappa shape index (κ2) is 9.46. The van der Waals surface area contributed by atoms with Gasteiger partial charge in [0.25, 0.3) is 5.91 Å². The number of hydrogen-bond acceptors (Lipinski definition) is 4. The summed E-state index contributed by atoms with van der Waals surface area (Å²) in [5, 5.41) is 7.27. The van der Waals surface area contributed by atoms with Crippen LogP contribution in [-0.2, 0) is 7.05 Å². The van der Waals surface area contributed by atoms with E-state index in [1.54, 1.807) is 36.3 Å². The molecule has 0 spiro atoms. The average Bonchev–Trinajstić information content (AvgIpc) is 3.38. The lowest BCUT2D eigenvalue weighted by atomic mass is 10.0. The van der Waals surface area contributed by atoms with Gasteiger partial charge < -0.3 is 10.2 Å². The monoisotopic (exact) mass is 475 g/mol. The van der Waals surface area contributed by atoms with Crippen LogP contribution in [0.25, 0.3) is 11.1 Å². The van der Waals surface area contributed by atoms with E-state index in [2.05, 4.69) is 33.2 Å². The number of aromatic nitrogens is 2. The summed E-state index contributed by atoms with van der Waals surface area (Å²) in [7, 11) is 1.80. The molecule has 5 rings (SSSR count). The minimum atomic E-state index is -0.305. The number of hydrogen-bond donors (Lipinski definition) is 1. The molecule has 0 saturated carbocycles. The predicted molar refractivity (Wildman–Crippen MR) is 137 cm³/mol. The van der Waals surface area contributed by atoms with Crippen LogP contribution in [-0.4, -0.2) is 52.3 Å². The number of carbonyl (C=O) groups is 1. The summed E-state index contributed by atoms with van der Waals surface area (Å²) in [6.45, 7) is 9.28. The fourth-order valence-electron chi connectivity index (χ4n) is 5.72. The fraction of sp³-hybridized carbons (Fsp3) is 0.429. The molecule has 2 saturated heterocycles. The van der Waals surface area contributed by atoms with Crippen molar-refractivity contribution in [3.8, 4) is 11.1 Å². The zero-order chi connectivity index (χ0) is 24.7. The lowest BCUT2D eigenvalue weighted by Gasteiger charge is -2.41. The molecule has 2 aromatic carbocycles. The van der Waals surface area contributed by atoms with Crippen LogP contribution in [0.3, 0.4) is 0 Å². The maximum Gasteiger partial charge on any atom is 0.252 e. The summed E-state index contributed by atoms with van der Waals surface area (Å²) >= 11 is 0. The molecule has 1 aromatic heterocycles. The Morgan fingerprint density at radius 1 is 1.17 bits per heavy atom. The molecule has 7 heteroatoms. The van der Waals surface area contributed by atoms with Crippen molar-refractivity contribution >= 4 is 11.6 Å². The van der Waals surface area contributed by atoms with Crippen molar-refractivity contribution in [2.24, 2.45) is 7.05 Å². The van der Waals surface area contributed by atoms with Crippen LogP contribution in [0.4, 0.5) is 10.1 Å². The van der Waals surface area contributed by atoms with Gasteiger partial charge in [0.1, 0.15) is 5.82 Å². The SMILES string of the molecule is CCN1[C@@H]2CC[C@H]1CN(c1ccc(C)c(C(=O)N[C@H](C)c3ccc(F)c(-c4cnn(C)c4)c3)c1)C2. The molecule has 0 unspecified atom stereocenters. The topological polar surface area (TPSA) is 53.4 Å². The van der Waals surface area contributed by atoms with Crippen molar-refractivity contribution in [2.45, 2.75) is 51.7 Å². The molecule has 1 N–H and O–H groups in total. The van der Waals surface area contributed by atoms with Gasteiger partial charge in [0, 0.05) is 60.8 Å². The largest absolute Gasteiger partial charge is 0.368 e. The number of rotatable bonds is 6. The Morgan fingerprint density at radius 2 is 1.91 bits per heavy atom. The minimum absolute atomic E-state index is 0.112. The molecule has 184 valence electrons. The minimum Gasteiger partial charge on any atom is -0.368 e. The number of amides is 1. The van der Waals surface area contributed by atoms with E-state index in [0.29, 0.717) is 28.8 Å². The van der Waals surface area contributed by atoms with Crippen molar-refractivity contribution in [2.75, 3.05) is 24.5 Å². The zero-order valence-corrected chi connectivity index (χ0v) is 21.0. The highest BCUT2D eigenvalue weighted by Gasteiger charge is 2.39. The molecule has 6 nitrogen and oxygen atoms in total. The predicted octanol–water partition coefficient (Wildman–Crippen LogP) is 4.70. The van der Waals surface area contributed by atoms with Gasteiger partial charge in [-0.3, -0.25) is 14.4 Å². The normalized spacial score (nSPS) is 20.8. The van der Waals surface area contributed by atoms with E-state index in [1.807, 2.05) is 26.0 Å². The Bertz CT molecular complexity index is 1220. The molecule has 1 amide bonds. The molecule has 2 bridgehead atoms. The summed E-state index contributed by atoms with van der Waals surface area (Å²) in [4.78, 5) is 18.4. The van der Waals surface area contributed by atoms with Crippen LogP contribution in [0.15, 0.2) is 48.8 Å². The van der Waals surface area contributed by atoms with Crippen molar-refractivity contribution in [1.29, 1.82) is 0 Å². The Balaban J connectivity index is 1.33. The van der Waals surface area contributed by atoms with Gasteiger partial charge in [0.15, 0.2) is 0 Å². The van der Waals surface area contributed by atoms with E-state index in [0.717, 1.165) is 36.4 Å². The van der Waals surface area contributed by atoms with E-state index < -0.39 is 0 Å². The number of carbonyl (C=O) groups excluding carboxylic acids is 1. The van der Waals surface area contributed by atoms with Gasteiger partial charge in [-0.25, -0.2) is 4.39 Å². The fourth-order valence-corrected chi connectivity index (χ4v) is 5.72. The smallest absolute Gasteiger partial charge is 0.252 e. The summed E-state index contributed by atoms with van der Waals surface area (Å²) < 4.78 is 16.2. The average molecular weight is 476 g/mol. The number of aryl methyl sites for hydroxylation is 2. The Morgan fingerprint density at radius 3 is 2.57 bits per heavy atom. The highest BCUT2D eigenvalue weighted by Crippen LogP contribution is 2.33. The first-order valence-electron chi connectivity index (χ1n) is 12.5. The van der Waals surface area contributed by atoms with Gasteiger partial charge in [-0.05, 0) is 68.6 Å². The molecular formula is C28H34FN5O. The lowest BCUT2D eigenvalue weighted by Crippen LogP contribution is -2.53. The van der Waals surface area contributed by atoms with E-state index in [-0.39, 0.29) is 17.8 Å². The Kier molecular flexibility index (Phi) is 6.36. The van der Waals surface area contributed by atoms with Crippen LogP contribution >= 0.6 is 0 Å². The molecule has 3 heterocycles. The van der Waals surface area contributed by atoms with Gasteiger partial charge in [-0.15, -0.1) is 0 Å². The van der Waals surface area contributed by atoms with Crippen LogP contribution in [0.1, 0.15) is 54.2 Å². The highest BCUT2D eigenvalue weighted by atomic mass is 19.1. The van der Waals surface area contributed by atoms with Crippen LogP contribution in [0, 0.1) is 12.7 Å². The quantitative estimate of drug-likeness (QED) is 0.562. The van der Waals surface area contributed by atoms with Crippen molar-refractivity contribution in [3.05, 3.63) is 71.3 Å². The van der Waals surface area contributed by atoms with Crippen LogP contribution in [0.5, 0.6) is 0 Å². The molecule has 0 aliphatic carbocycles. The molecule has 3 atom stereocenters. The van der Waals surface area contributed by atoms with Crippen molar-refractivity contribution in [3.63, 3.8) is 0 Å². The van der Waals surface area contributed by atoms with Gasteiger partial charge in [0.2, 0.25) is 0 Å². The highest BCUT2D eigenvalue weighted by molar-refractivity contribution is 5.97. The first-order valence-corrected chi connectivity index (χ1v) is 12.5. The molecule has 2 aliphatic heterocycles. The number of nitrogens with one attached hydrogen (secondary N) is 1. The number of anilines is 1. The van der Waals surface area contributed by atoms with Crippen molar-refractivity contribution < 1.29 is 9.18 Å². The maximum absolute atomic E-state index is 14.5. The Hall–Kier alpha value is -3.19. The van der Waals surface area contributed by atoms with Crippen molar-refractivity contribution in [1.82, 2.24) is 20.0 Å². The summed E-state index contributed by atoms with van der Waals surface area (Å²) in [6, 6.07) is 12.1. The van der Waals surface area contributed by atoms with Gasteiger partial charge in [-0.1, -0.05) is 19.1 Å². The molecule has 0 radical (unpaired) electrons. The second-order valence-corrected chi connectivity index (χ2v) is 9.96. The third kappa shape index (κ3) is 4.57. The second-order valence-electron chi connectivity index (χ2n) is 9.96. The van der Waals surface area contributed by atoms with Crippen LogP contribution < -0.4 is 10.2 Å². The van der Waals surface area contributed by atoms with Gasteiger partial charge in [0.05, 0.1) is 12.2 Å². The summed E-state index contributed by atoms with van der Waals surface area (Å²) in [6.07, 6.45) is 5.94. The van der Waals surface area contributed by atoms with E-state index in [1.165, 1.54) is 18.9 Å². The van der Waals surface area contributed by atoms with Gasteiger partial charge >= 0.3 is 0 Å². The number of nitrogens with zero attached hydrogens (tertiary/aromatic N) is 4. The third-order valence-corrected chi connectivity index (χ3v) is 7.68. The van der Waals surface area contributed by atoms with E-state index >= 15 is 0 Å². The maximum atomic E-state index is 14.5. The van der Waals surface area contributed by atoms with Crippen LogP contribution in [0.2, 0.25) is 0 Å². The first kappa shape index (κ1) is 23.5. The van der Waals surface area contributed by atoms with E-state index in [9.17, 15) is 9.18 Å². The lowest BCUT2D eigenvalue weighted by molar-refractivity contribution is 0.0939. The molecule has 2 fully saturated rings. The zero-order valence-electron chi connectivity index (χ0n) is 21.0. The Labute approximate surface area is 206 Å². The summed E-state index contributed by atoms with van der Waals surface area (Å²) in [5.41, 5.74) is 4.79.